The van der Waals surface area contributed by atoms with Crippen LogP contribution >= 0.6 is 0 Å². The minimum Gasteiger partial charge on any atom is -0.512 e. The number of hydrogen-bond donors (Lipinski definition) is 2. The molecule has 2 N–H and O–H groups in total. The predicted octanol–water partition coefficient (Wildman–Crippen LogP) is 1.12. The van der Waals surface area contributed by atoms with Crippen molar-refractivity contribution in [3.63, 3.8) is 0 Å². The van der Waals surface area contributed by atoms with Crippen molar-refractivity contribution in [1.82, 2.24) is 0 Å². The van der Waals surface area contributed by atoms with E-state index in [0.717, 1.165) is 6.92 Å². The number of rotatable bonds is 1. The van der Waals surface area contributed by atoms with E-state index in [4.69, 9.17) is 15.0 Å². The zero-order valence-electron chi connectivity index (χ0n) is 7.42. The number of ketones is 1. The molecule has 0 aromatic heterocycles. The molecule has 0 saturated carbocycles. The van der Waals surface area contributed by atoms with Crippen molar-refractivity contribution in [3.05, 3.63) is 11.8 Å². The Morgan fingerprint density at radius 2 is 1.23 bits per heavy atom. The van der Waals surface area contributed by atoms with Crippen LogP contribution in [0.2, 0.25) is 0 Å². The first-order chi connectivity index (χ1) is 4.86. The average Bonchev–Trinajstić information content (AvgIpc) is 1.56. The van der Waals surface area contributed by atoms with Crippen LogP contribution in [0.4, 0.5) is 0 Å². The maximum Gasteiger partial charge on any atom is 0.300 e. The molecule has 0 heterocycles. The zero-order chi connectivity index (χ0) is 9.44. The molecule has 0 aliphatic carbocycles. The fourth-order valence-corrected chi connectivity index (χ4v) is 0.294. The number of hydrogen-bond acceptors (Lipinski definition) is 3. The summed E-state index contributed by atoms with van der Waals surface area (Å²) < 4.78 is 0. The van der Waals surface area contributed by atoms with E-state index in [0.29, 0.717) is 0 Å². The maximum absolute atomic E-state index is 10.0. The molecule has 0 aliphatic rings. The topological polar surface area (TPSA) is 74.6 Å². The number of aliphatic carboxylic acids is 1. The number of allylic oxidation sites excluding steroid dienone is 2. The first-order valence-electron chi connectivity index (χ1n) is 2.93. The van der Waals surface area contributed by atoms with Gasteiger partial charge >= 0.3 is 0 Å². The summed E-state index contributed by atoms with van der Waals surface area (Å²) in [6, 6.07) is 0. The molecular weight excluding hydrogens is 361 g/mol. The molecule has 0 aromatic rings. The number of carbonyl (C=O) groups is 2. The van der Waals surface area contributed by atoms with Crippen LogP contribution in [0.25, 0.3) is 0 Å². The van der Waals surface area contributed by atoms with Crippen LogP contribution in [0.5, 0.6) is 0 Å². The summed E-state index contributed by atoms with van der Waals surface area (Å²) in [4.78, 5) is 19.0. The second kappa shape index (κ2) is 14.5. The first-order valence-corrected chi connectivity index (χ1v) is 2.93. The SMILES string of the molecule is CC(=O)/C=C(/C)O.CC(=O)O.[Pd].[Pd]. The quantitative estimate of drug-likeness (QED) is 0.411. The molecule has 0 radical (unpaired) electrons. The summed E-state index contributed by atoms with van der Waals surface area (Å²) in [6.45, 7) is 3.93. The number of aliphatic hydroxyl groups is 1. The van der Waals surface area contributed by atoms with Gasteiger partial charge in [-0.2, -0.15) is 0 Å². The third kappa shape index (κ3) is 74.9. The fourth-order valence-electron chi connectivity index (χ4n) is 0.294. The first kappa shape index (κ1) is 23.1. The van der Waals surface area contributed by atoms with E-state index in [1.807, 2.05) is 0 Å². The molecule has 0 saturated heterocycles. The summed E-state index contributed by atoms with van der Waals surface area (Å²) in [7, 11) is 0. The van der Waals surface area contributed by atoms with Crippen molar-refractivity contribution in [2.45, 2.75) is 20.8 Å². The van der Waals surface area contributed by atoms with Crippen LogP contribution in [0.3, 0.4) is 0 Å². The van der Waals surface area contributed by atoms with Crippen molar-refractivity contribution in [3.8, 4) is 0 Å². The van der Waals surface area contributed by atoms with Gasteiger partial charge in [0.2, 0.25) is 0 Å². The molecular formula is C7H12O4Pd2. The van der Waals surface area contributed by atoms with Crippen molar-refractivity contribution >= 4 is 11.8 Å². The molecule has 84 valence electrons. The van der Waals surface area contributed by atoms with Gasteiger partial charge in [0.05, 0.1) is 5.76 Å². The second-order valence-electron chi connectivity index (χ2n) is 1.92. The zero-order valence-corrected chi connectivity index (χ0v) is 10.5. The van der Waals surface area contributed by atoms with E-state index < -0.39 is 5.97 Å². The summed E-state index contributed by atoms with van der Waals surface area (Å²) in [5.41, 5.74) is 0. The van der Waals surface area contributed by atoms with Gasteiger partial charge in [-0.15, -0.1) is 0 Å². The Morgan fingerprint density at radius 1 is 1.00 bits per heavy atom. The summed E-state index contributed by atoms with van der Waals surface area (Å²) >= 11 is 0. The molecule has 0 amide bonds. The minimum absolute atomic E-state index is 0. The van der Waals surface area contributed by atoms with Crippen LogP contribution in [0, 0.1) is 0 Å². The molecule has 0 aliphatic heterocycles. The van der Waals surface area contributed by atoms with E-state index in [9.17, 15) is 4.79 Å². The summed E-state index contributed by atoms with van der Waals surface area (Å²) in [6.07, 6.45) is 1.17. The smallest absolute Gasteiger partial charge is 0.300 e. The van der Waals surface area contributed by atoms with Gasteiger partial charge in [0, 0.05) is 53.8 Å². The molecule has 0 atom stereocenters. The number of carbonyl (C=O) groups excluding carboxylic acids is 1. The molecule has 0 rings (SSSR count). The standard InChI is InChI=1S/C5H8O2.C2H4O2.2Pd/c1-4(6)3-5(2)7;1-2(3)4;;/h3,6H,1-2H3;1H3,(H,3,4);;/b4-3-;;;. The van der Waals surface area contributed by atoms with E-state index in [1.54, 1.807) is 0 Å². The molecule has 13 heavy (non-hydrogen) atoms. The van der Waals surface area contributed by atoms with Gasteiger partial charge in [0.15, 0.2) is 5.78 Å². The van der Waals surface area contributed by atoms with Gasteiger partial charge in [-0.1, -0.05) is 0 Å². The van der Waals surface area contributed by atoms with Crippen molar-refractivity contribution in [2.24, 2.45) is 0 Å². The molecule has 6 heteroatoms. The van der Waals surface area contributed by atoms with E-state index in [-0.39, 0.29) is 52.4 Å². The third-order valence-electron chi connectivity index (χ3n) is 0.412. The number of carboxylic acids is 1. The molecule has 0 spiro atoms. The van der Waals surface area contributed by atoms with Gasteiger partial charge in [0.25, 0.3) is 5.97 Å². The van der Waals surface area contributed by atoms with Gasteiger partial charge in [0.1, 0.15) is 0 Å². The Hall–Kier alpha value is 0.00468. The van der Waals surface area contributed by atoms with E-state index in [1.165, 1.54) is 19.9 Å². The fraction of sp³-hybridized carbons (Fsp3) is 0.429. The molecule has 4 nitrogen and oxygen atoms in total. The third-order valence-corrected chi connectivity index (χ3v) is 0.412. The normalized spacial score (nSPS) is 8.08. The van der Waals surface area contributed by atoms with E-state index >= 15 is 0 Å². The monoisotopic (exact) mass is 372 g/mol. The Bertz CT molecular complexity index is 169. The Kier molecular flexibility index (Phi) is 25.8. The second-order valence-corrected chi connectivity index (χ2v) is 1.92. The van der Waals surface area contributed by atoms with Gasteiger partial charge in [-0.05, 0) is 13.8 Å². The summed E-state index contributed by atoms with van der Waals surface area (Å²) in [5, 5.41) is 15.8. The molecule has 0 unspecified atom stereocenters. The van der Waals surface area contributed by atoms with Crippen molar-refractivity contribution < 1.29 is 60.6 Å². The number of carboxylic acid groups (broad SMARTS) is 1. The Labute approximate surface area is 105 Å². The van der Waals surface area contributed by atoms with Crippen LogP contribution in [0.1, 0.15) is 20.8 Å². The van der Waals surface area contributed by atoms with Crippen molar-refractivity contribution in [1.29, 1.82) is 0 Å². The largest absolute Gasteiger partial charge is 0.512 e. The van der Waals surface area contributed by atoms with Gasteiger partial charge < -0.3 is 10.2 Å². The Balaban J connectivity index is -0.0000000600. The maximum atomic E-state index is 10.0. The average molecular weight is 373 g/mol. The van der Waals surface area contributed by atoms with Gasteiger partial charge in [-0.3, -0.25) is 9.59 Å². The Morgan fingerprint density at radius 3 is 1.23 bits per heavy atom. The molecule has 0 aromatic carbocycles. The summed E-state index contributed by atoms with van der Waals surface area (Å²) in [5.74, 6) is -0.896. The van der Waals surface area contributed by atoms with Crippen molar-refractivity contribution in [2.75, 3.05) is 0 Å². The van der Waals surface area contributed by atoms with Crippen LogP contribution in [-0.4, -0.2) is 22.0 Å². The molecule has 0 fully saturated rings. The van der Waals surface area contributed by atoms with E-state index in [2.05, 4.69) is 0 Å². The van der Waals surface area contributed by atoms with Crippen LogP contribution in [0.15, 0.2) is 11.8 Å². The number of aliphatic hydroxyl groups excluding tert-OH is 1. The van der Waals surface area contributed by atoms with Crippen LogP contribution in [-0.2, 0) is 50.4 Å². The molecule has 0 bridgehead atoms. The predicted molar refractivity (Wildman–Crippen MR) is 40.4 cm³/mol. The van der Waals surface area contributed by atoms with Crippen LogP contribution < -0.4 is 0 Å². The minimum atomic E-state index is -0.833. The van der Waals surface area contributed by atoms with Gasteiger partial charge in [-0.25, -0.2) is 0 Å².